The number of hydrogen-bond acceptors (Lipinski definition) is 2. The summed E-state index contributed by atoms with van der Waals surface area (Å²) in [7, 11) is 2.10. The molecular formula is C13H18INS. The summed E-state index contributed by atoms with van der Waals surface area (Å²) in [6, 6.07) is 9.57. The predicted octanol–water partition coefficient (Wildman–Crippen LogP) is 3.17. The van der Waals surface area contributed by atoms with E-state index in [-0.39, 0.29) is 0 Å². The Morgan fingerprint density at radius 2 is 2.19 bits per heavy atom. The Morgan fingerprint density at radius 3 is 2.75 bits per heavy atom. The average molecular weight is 347 g/mol. The Kier molecular flexibility index (Phi) is 4.97. The third-order valence-electron chi connectivity index (χ3n) is 3.27. The molecule has 0 radical (unpaired) electrons. The molecule has 2 rings (SSSR count). The Morgan fingerprint density at radius 1 is 1.44 bits per heavy atom. The molecule has 2 unspecified atom stereocenters. The molecule has 0 spiro atoms. The van der Waals surface area contributed by atoms with Gasteiger partial charge in [-0.15, -0.1) is 0 Å². The highest BCUT2D eigenvalue weighted by molar-refractivity contribution is 14.1. The fourth-order valence-electron chi connectivity index (χ4n) is 2.25. The van der Waals surface area contributed by atoms with Crippen LogP contribution in [0.5, 0.6) is 0 Å². The Bertz CT molecular complexity index is 319. The number of hydrogen-bond donors (Lipinski definition) is 1. The number of nitrogens with one attached hydrogen (secondary N) is 1. The van der Waals surface area contributed by atoms with Gasteiger partial charge in [0.1, 0.15) is 0 Å². The summed E-state index contributed by atoms with van der Waals surface area (Å²) >= 11 is 4.46. The van der Waals surface area contributed by atoms with Gasteiger partial charge in [-0.05, 0) is 77.6 Å². The molecule has 0 amide bonds. The number of thioether (sulfide) groups is 1. The van der Waals surface area contributed by atoms with Crippen LogP contribution in [0.15, 0.2) is 24.3 Å². The lowest BCUT2D eigenvalue weighted by atomic mass is 9.93. The fourth-order valence-corrected chi connectivity index (χ4v) is 3.95. The van der Waals surface area contributed by atoms with Crippen LogP contribution in [-0.4, -0.2) is 24.6 Å². The zero-order valence-corrected chi connectivity index (χ0v) is 12.6. The van der Waals surface area contributed by atoms with Crippen LogP contribution in [-0.2, 0) is 6.42 Å². The van der Waals surface area contributed by atoms with E-state index in [0.29, 0.717) is 6.04 Å². The molecule has 0 aromatic heterocycles. The lowest BCUT2D eigenvalue weighted by Gasteiger charge is -2.22. The van der Waals surface area contributed by atoms with Gasteiger partial charge in [0.2, 0.25) is 0 Å². The van der Waals surface area contributed by atoms with E-state index in [9.17, 15) is 0 Å². The van der Waals surface area contributed by atoms with Gasteiger partial charge in [0.05, 0.1) is 0 Å². The molecule has 88 valence electrons. The van der Waals surface area contributed by atoms with E-state index >= 15 is 0 Å². The lowest BCUT2D eigenvalue weighted by Crippen LogP contribution is -2.35. The van der Waals surface area contributed by atoms with Gasteiger partial charge in [0, 0.05) is 9.61 Å². The maximum absolute atomic E-state index is 3.49. The summed E-state index contributed by atoms with van der Waals surface area (Å²) in [5, 5.41) is 3.49. The van der Waals surface area contributed by atoms with Crippen molar-refractivity contribution >= 4 is 34.4 Å². The second-order valence-electron chi connectivity index (χ2n) is 4.35. The first-order valence-electron chi connectivity index (χ1n) is 5.79. The molecule has 0 saturated carbocycles. The second-order valence-corrected chi connectivity index (χ2v) is 6.74. The number of likely N-dealkylation sites (N-methyl/N-ethyl adjacent to an activating group) is 1. The summed E-state index contributed by atoms with van der Waals surface area (Å²) in [6.07, 6.45) is 2.54. The van der Waals surface area contributed by atoms with Crippen LogP contribution >= 0.6 is 34.4 Å². The van der Waals surface area contributed by atoms with E-state index in [1.807, 2.05) is 0 Å². The zero-order chi connectivity index (χ0) is 11.4. The highest BCUT2D eigenvalue weighted by Crippen LogP contribution is 2.27. The summed E-state index contributed by atoms with van der Waals surface area (Å²) in [5.74, 6) is 3.53. The van der Waals surface area contributed by atoms with Crippen molar-refractivity contribution in [3.8, 4) is 0 Å². The standard InChI is InChI=1S/C13H18INS/c1-15-13(11-6-7-16-9-11)8-10-2-4-12(14)5-3-10/h2-5,11,13,15H,6-9H2,1H3. The van der Waals surface area contributed by atoms with E-state index < -0.39 is 0 Å². The van der Waals surface area contributed by atoms with Gasteiger partial charge in [-0.25, -0.2) is 0 Å². The molecule has 1 nitrogen and oxygen atoms in total. The molecule has 0 bridgehead atoms. The predicted molar refractivity (Wildman–Crippen MR) is 81.1 cm³/mol. The smallest absolute Gasteiger partial charge is 0.0141 e. The molecule has 1 fully saturated rings. The fraction of sp³-hybridized carbons (Fsp3) is 0.538. The summed E-state index contributed by atoms with van der Waals surface area (Å²) < 4.78 is 1.32. The minimum atomic E-state index is 0.648. The highest BCUT2D eigenvalue weighted by atomic mass is 127. The maximum atomic E-state index is 3.49. The molecule has 1 N–H and O–H groups in total. The molecule has 1 aromatic carbocycles. The summed E-state index contributed by atoms with van der Waals surface area (Å²) in [6.45, 7) is 0. The molecule has 16 heavy (non-hydrogen) atoms. The Labute approximate surface area is 116 Å². The molecule has 1 aromatic rings. The van der Waals surface area contributed by atoms with Crippen molar-refractivity contribution in [2.45, 2.75) is 18.9 Å². The van der Waals surface area contributed by atoms with Crippen molar-refractivity contribution in [3.05, 3.63) is 33.4 Å². The van der Waals surface area contributed by atoms with Crippen LogP contribution < -0.4 is 5.32 Å². The Hall–Kier alpha value is 0.260. The first kappa shape index (κ1) is 12.7. The molecule has 1 heterocycles. The average Bonchev–Trinajstić information content (AvgIpc) is 2.82. The molecule has 1 aliphatic rings. The van der Waals surface area contributed by atoms with E-state index in [2.05, 4.69) is 71.0 Å². The van der Waals surface area contributed by atoms with Crippen LogP contribution in [0.3, 0.4) is 0 Å². The minimum Gasteiger partial charge on any atom is -0.316 e. The van der Waals surface area contributed by atoms with E-state index in [1.54, 1.807) is 0 Å². The molecule has 0 aliphatic carbocycles. The van der Waals surface area contributed by atoms with Crippen molar-refractivity contribution in [2.24, 2.45) is 5.92 Å². The molecule has 1 saturated heterocycles. The lowest BCUT2D eigenvalue weighted by molar-refractivity contribution is 0.404. The van der Waals surface area contributed by atoms with Gasteiger partial charge in [0.15, 0.2) is 0 Å². The summed E-state index contributed by atoms with van der Waals surface area (Å²) in [4.78, 5) is 0. The topological polar surface area (TPSA) is 12.0 Å². The van der Waals surface area contributed by atoms with Crippen LogP contribution in [0.1, 0.15) is 12.0 Å². The van der Waals surface area contributed by atoms with E-state index in [1.165, 1.54) is 33.5 Å². The first-order chi connectivity index (χ1) is 7.79. The quantitative estimate of drug-likeness (QED) is 0.840. The van der Waals surface area contributed by atoms with Crippen molar-refractivity contribution < 1.29 is 0 Å². The molecule has 2 atom stereocenters. The third-order valence-corrected chi connectivity index (χ3v) is 5.18. The largest absolute Gasteiger partial charge is 0.316 e. The van der Waals surface area contributed by atoms with Crippen LogP contribution in [0, 0.1) is 9.49 Å². The monoisotopic (exact) mass is 347 g/mol. The minimum absolute atomic E-state index is 0.648. The van der Waals surface area contributed by atoms with Gasteiger partial charge >= 0.3 is 0 Å². The van der Waals surface area contributed by atoms with Crippen LogP contribution in [0.4, 0.5) is 0 Å². The SMILES string of the molecule is CNC(Cc1ccc(I)cc1)C1CCSC1. The van der Waals surface area contributed by atoms with Gasteiger partial charge in [-0.2, -0.15) is 11.8 Å². The van der Waals surface area contributed by atoms with Gasteiger partial charge in [-0.1, -0.05) is 12.1 Å². The Balaban J connectivity index is 1.97. The zero-order valence-electron chi connectivity index (χ0n) is 9.58. The normalized spacial score (nSPS) is 22.2. The maximum Gasteiger partial charge on any atom is 0.0141 e. The number of halogens is 1. The number of benzene rings is 1. The van der Waals surface area contributed by atoms with E-state index in [4.69, 9.17) is 0 Å². The van der Waals surface area contributed by atoms with Gasteiger partial charge in [-0.3, -0.25) is 0 Å². The molecular weight excluding hydrogens is 329 g/mol. The number of rotatable bonds is 4. The second kappa shape index (κ2) is 6.26. The van der Waals surface area contributed by atoms with E-state index in [0.717, 1.165) is 5.92 Å². The van der Waals surface area contributed by atoms with Crippen molar-refractivity contribution in [3.63, 3.8) is 0 Å². The van der Waals surface area contributed by atoms with Crippen molar-refractivity contribution in [1.29, 1.82) is 0 Å². The highest BCUT2D eigenvalue weighted by Gasteiger charge is 2.24. The summed E-state index contributed by atoms with van der Waals surface area (Å²) in [5.41, 5.74) is 1.46. The molecule has 1 aliphatic heterocycles. The van der Waals surface area contributed by atoms with Crippen LogP contribution in [0.25, 0.3) is 0 Å². The van der Waals surface area contributed by atoms with Crippen LogP contribution in [0.2, 0.25) is 0 Å². The third kappa shape index (κ3) is 3.37. The first-order valence-corrected chi connectivity index (χ1v) is 8.02. The van der Waals surface area contributed by atoms with Crippen molar-refractivity contribution in [2.75, 3.05) is 18.6 Å². The van der Waals surface area contributed by atoms with Gasteiger partial charge in [0.25, 0.3) is 0 Å². The molecule has 3 heteroatoms. The van der Waals surface area contributed by atoms with Crippen molar-refractivity contribution in [1.82, 2.24) is 5.32 Å². The van der Waals surface area contributed by atoms with Gasteiger partial charge < -0.3 is 5.32 Å².